The van der Waals surface area contributed by atoms with Gasteiger partial charge in [0.25, 0.3) is 10.0 Å². The van der Waals surface area contributed by atoms with Crippen LogP contribution in [0.15, 0.2) is 51.8 Å². The van der Waals surface area contributed by atoms with E-state index >= 15 is 0 Å². The lowest BCUT2D eigenvalue weighted by Crippen LogP contribution is -2.29. The summed E-state index contributed by atoms with van der Waals surface area (Å²) in [5, 5.41) is 0. The largest absolute Gasteiger partial charge is 0.441 e. The molecule has 3 aromatic rings. The first-order chi connectivity index (χ1) is 10.6. The Morgan fingerprint density at radius 1 is 1.18 bits per heavy atom. The van der Waals surface area contributed by atoms with Crippen LogP contribution in [0, 0.1) is 6.92 Å². The number of fused-ring (bicyclic) bond motifs is 2. The van der Waals surface area contributed by atoms with Crippen LogP contribution in [0.5, 0.6) is 0 Å². The first kappa shape index (κ1) is 13.3. The summed E-state index contributed by atoms with van der Waals surface area (Å²) in [6.07, 6.45) is 0.737. The second-order valence-electron chi connectivity index (χ2n) is 5.32. The van der Waals surface area contributed by atoms with Crippen LogP contribution < -0.4 is 4.31 Å². The molecule has 0 unspecified atom stereocenters. The van der Waals surface area contributed by atoms with Crippen LogP contribution in [0.3, 0.4) is 0 Å². The van der Waals surface area contributed by atoms with Gasteiger partial charge in [-0.25, -0.2) is 13.4 Å². The zero-order chi connectivity index (χ0) is 15.3. The summed E-state index contributed by atoms with van der Waals surface area (Å²) < 4.78 is 32.7. The quantitative estimate of drug-likeness (QED) is 0.729. The molecular formula is C16H14N2O3S. The Kier molecular flexibility index (Phi) is 2.77. The third kappa shape index (κ3) is 1.91. The van der Waals surface area contributed by atoms with Crippen molar-refractivity contribution in [2.75, 3.05) is 10.8 Å². The summed E-state index contributed by atoms with van der Waals surface area (Å²) in [7, 11) is -3.58. The highest BCUT2D eigenvalue weighted by atomic mass is 32.2. The number of oxazole rings is 1. The number of anilines is 1. The smallest absolute Gasteiger partial charge is 0.264 e. The molecule has 0 spiro atoms. The van der Waals surface area contributed by atoms with Crippen LogP contribution in [0.4, 0.5) is 5.69 Å². The fraction of sp³-hybridized carbons (Fsp3) is 0.188. The molecule has 0 saturated heterocycles. The predicted octanol–water partition coefficient (Wildman–Crippen LogP) is 2.89. The molecule has 112 valence electrons. The standard InChI is InChI=1S/C16H14N2O3S/c1-11-17-14-10-13(6-7-16(14)21-11)22(19,20)18-9-8-12-4-2-3-5-15(12)18/h2-7,10H,8-9H2,1H3. The van der Waals surface area contributed by atoms with Crippen molar-refractivity contribution in [3.63, 3.8) is 0 Å². The van der Waals surface area contributed by atoms with E-state index in [4.69, 9.17) is 4.42 Å². The summed E-state index contributed by atoms with van der Waals surface area (Å²) in [6, 6.07) is 12.4. The molecule has 6 heteroatoms. The third-order valence-corrected chi connectivity index (χ3v) is 5.71. The fourth-order valence-corrected chi connectivity index (χ4v) is 4.39. The van der Waals surface area contributed by atoms with Gasteiger partial charge in [-0.2, -0.15) is 0 Å². The maximum atomic E-state index is 12.9. The van der Waals surface area contributed by atoms with Gasteiger partial charge in [-0.1, -0.05) is 18.2 Å². The lowest BCUT2D eigenvalue weighted by atomic mass is 10.2. The number of hydrogen-bond acceptors (Lipinski definition) is 4. The third-order valence-electron chi connectivity index (χ3n) is 3.90. The normalized spacial score (nSPS) is 14.5. The van der Waals surface area contributed by atoms with Crippen molar-refractivity contribution in [1.29, 1.82) is 0 Å². The lowest BCUT2D eigenvalue weighted by molar-refractivity contribution is 0.561. The molecule has 0 N–H and O–H groups in total. The molecule has 1 aromatic heterocycles. The Hall–Kier alpha value is -2.34. The molecular weight excluding hydrogens is 300 g/mol. The molecule has 0 aliphatic carbocycles. The number of aromatic nitrogens is 1. The van der Waals surface area contributed by atoms with Crippen molar-refractivity contribution < 1.29 is 12.8 Å². The van der Waals surface area contributed by atoms with Crippen LogP contribution in [0.25, 0.3) is 11.1 Å². The SMILES string of the molecule is Cc1nc2cc(S(=O)(=O)N3CCc4ccccc43)ccc2o1. The number of sulfonamides is 1. The van der Waals surface area contributed by atoms with Crippen LogP contribution in [-0.4, -0.2) is 19.9 Å². The van der Waals surface area contributed by atoms with Crippen LogP contribution in [-0.2, 0) is 16.4 Å². The van der Waals surface area contributed by atoms with E-state index in [9.17, 15) is 8.42 Å². The number of aryl methyl sites for hydroxylation is 1. The van der Waals surface area contributed by atoms with Gasteiger partial charge in [0.15, 0.2) is 11.5 Å². The van der Waals surface area contributed by atoms with Crippen molar-refractivity contribution in [3.05, 3.63) is 53.9 Å². The van der Waals surface area contributed by atoms with Gasteiger partial charge in [-0.15, -0.1) is 0 Å². The van der Waals surface area contributed by atoms with Crippen molar-refractivity contribution in [1.82, 2.24) is 4.98 Å². The Labute approximate surface area is 128 Å². The molecule has 0 fully saturated rings. The fourth-order valence-electron chi connectivity index (χ4n) is 2.87. The zero-order valence-corrected chi connectivity index (χ0v) is 12.8. The van der Waals surface area contributed by atoms with Crippen LogP contribution in [0.1, 0.15) is 11.5 Å². The summed E-state index contributed by atoms with van der Waals surface area (Å²) >= 11 is 0. The molecule has 0 radical (unpaired) electrons. The number of benzene rings is 2. The van der Waals surface area contributed by atoms with E-state index < -0.39 is 10.0 Å². The van der Waals surface area contributed by atoms with Gasteiger partial charge < -0.3 is 4.42 Å². The highest BCUT2D eigenvalue weighted by Crippen LogP contribution is 2.33. The molecule has 5 nitrogen and oxygen atoms in total. The second-order valence-corrected chi connectivity index (χ2v) is 7.18. The number of nitrogens with zero attached hydrogens (tertiary/aromatic N) is 2. The minimum Gasteiger partial charge on any atom is -0.441 e. The molecule has 2 aromatic carbocycles. The van der Waals surface area contributed by atoms with Gasteiger partial charge in [0.1, 0.15) is 5.52 Å². The molecule has 0 bridgehead atoms. The zero-order valence-electron chi connectivity index (χ0n) is 12.0. The molecule has 1 aliphatic rings. The monoisotopic (exact) mass is 314 g/mol. The van der Waals surface area contributed by atoms with Gasteiger partial charge in [0.2, 0.25) is 0 Å². The Morgan fingerprint density at radius 2 is 2.00 bits per heavy atom. The van der Waals surface area contributed by atoms with E-state index in [1.807, 2.05) is 24.3 Å². The van der Waals surface area contributed by atoms with Gasteiger partial charge in [0, 0.05) is 13.5 Å². The molecule has 1 aliphatic heterocycles. The Morgan fingerprint density at radius 3 is 2.86 bits per heavy atom. The van der Waals surface area contributed by atoms with Crippen molar-refractivity contribution in [3.8, 4) is 0 Å². The average Bonchev–Trinajstić information content (AvgIpc) is 3.08. The van der Waals surface area contributed by atoms with Crippen LogP contribution >= 0.6 is 0 Å². The second kappa shape index (κ2) is 4.58. The van der Waals surface area contributed by atoms with Gasteiger partial charge in [-0.05, 0) is 36.2 Å². The van der Waals surface area contributed by atoms with E-state index in [1.165, 1.54) is 4.31 Å². The summed E-state index contributed by atoms with van der Waals surface area (Å²) in [5.41, 5.74) is 2.98. The number of rotatable bonds is 2. The molecule has 4 rings (SSSR count). The van der Waals surface area contributed by atoms with Gasteiger partial charge >= 0.3 is 0 Å². The van der Waals surface area contributed by atoms with E-state index in [0.29, 0.717) is 23.5 Å². The highest BCUT2D eigenvalue weighted by molar-refractivity contribution is 7.92. The molecule has 22 heavy (non-hydrogen) atoms. The first-order valence-corrected chi connectivity index (χ1v) is 8.47. The van der Waals surface area contributed by atoms with Crippen LogP contribution in [0.2, 0.25) is 0 Å². The van der Waals surface area contributed by atoms with E-state index in [0.717, 1.165) is 17.7 Å². The van der Waals surface area contributed by atoms with Gasteiger partial charge in [0.05, 0.1) is 10.6 Å². The minimum atomic E-state index is -3.58. The molecule has 0 amide bonds. The summed E-state index contributed by atoms with van der Waals surface area (Å²) in [6.45, 7) is 2.21. The number of para-hydroxylation sites is 1. The van der Waals surface area contributed by atoms with Gasteiger partial charge in [-0.3, -0.25) is 4.31 Å². The van der Waals surface area contributed by atoms with Crippen molar-refractivity contribution >= 4 is 26.8 Å². The summed E-state index contributed by atoms with van der Waals surface area (Å²) in [5.74, 6) is 0.524. The predicted molar refractivity (Wildman–Crippen MR) is 83.4 cm³/mol. The van der Waals surface area contributed by atoms with E-state index in [-0.39, 0.29) is 4.90 Å². The maximum absolute atomic E-state index is 12.9. The Bertz CT molecular complexity index is 976. The Balaban J connectivity index is 1.83. The minimum absolute atomic E-state index is 0.241. The van der Waals surface area contributed by atoms with E-state index in [2.05, 4.69) is 4.98 Å². The molecule has 0 atom stereocenters. The molecule has 0 saturated carbocycles. The summed E-state index contributed by atoms with van der Waals surface area (Å²) in [4.78, 5) is 4.45. The maximum Gasteiger partial charge on any atom is 0.264 e. The van der Waals surface area contributed by atoms with Crippen molar-refractivity contribution in [2.24, 2.45) is 0 Å². The van der Waals surface area contributed by atoms with Crippen molar-refractivity contribution in [2.45, 2.75) is 18.2 Å². The van der Waals surface area contributed by atoms with E-state index in [1.54, 1.807) is 25.1 Å². The lowest BCUT2D eigenvalue weighted by Gasteiger charge is -2.19. The number of hydrogen-bond donors (Lipinski definition) is 0. The topological polar surface area (TPSA) is 63.4 Å². The molecule has 2 heterocycles. The first-order valence-electron chi connectivity index (χ1n) is 7.03. The average molecular weight is 314 g/mol. The highest BCUT2D eigenvalue weighted by Gasteiger charge is 2.30.